The molecular formula is C19H21ClO4. The number of esters is 1. The second kappa shape index (κ2) is 8.06. The topological polar surface area (TPSA) is 44.8 Å². The highest BCUT2D eigenvalue weighted by atomic mass is 35.5. The number of ether oxygens (including phenoxy) is 3. The van der Waals surface area contributed by atoms with Crippen molar-refractivity contribution in [3.05, 3.63) is 59.1 Å². The van der Waals surface area contributed by atoms with E-state index in [1.165, 1.54) is 7.11 Å². The molecule has 2 aromatic carbocycles. The number of benzene rings is 2. The first kappa shape index (κ1) is 18.1. The minimum atomic E-state index is -1.06. The van der Waals surface area contributed by atoms with Crippen LogP contribution in [0.2, 0.25) is 5.02 Å². The molecular weight excluding hydrogens is 328 g/mol. The second-order valence-corrected chi connectivity index (χ2v) is 5.95. The van der Waals surface area contributed by atoms with Crippen molar-refractivity contribution >= 4 is 17.6 Å². The molecule has 128 valence electrons. The van der Waals surface area contributed by atoms with Crippen molar-refractivity contribution in [3.63, 3.8) is 0 Å². The van der Waals surface area contributed by atoms with Crippen molar-refractivity contribution in [3.8, 4) is 11.5 Å². The van der Waals surface area contributed by atoms with Crippen LogP contribution in [0.15, 0.2) is 48.5 Å². The Hall–Kier alpha value is -2.20. The van der Waals surface area contributed by atoms with Crippen LogP contribution in [0.5, 0.6) is 11.5 Å². The molecule has 24 heavy (non-hydrogen) atoms. The first-order valence-electron chi connectivity index (χ1n) is 7.72. The number of methoxy groups -OCH3 is 1. The maximum absolute atomic E-state index is 11.9. The first-order valence-corrected chi connectivity index (χ1v) is 8.10. The molecule has 2 rings (SSSR count). The number of carbonyl (C=O) groups excluding carboxylic acids is 1. The minimum Gasteiger partial charge on any atom is -0.487 e. The zero-order chi connectivity index (χ0) is 17.6. The number of hydrogen-bond acceptors (Lipinski definition) is 4. The molecule has 2 aromatic rings. The number of carbonyl (C=O) groups is 1. The fourth-order valence-corrected chi connectivity index (χ4v) is 2.30. The summed E-state index contributed by atoms with van der Waals surface area (Å²) in [4.78, 5) is 11.9. The number of rotatable bonds is 7. The molecule has 0 aliphatic carbocycles. The summed E-state index contributed by atoms with van der Waals surface area (Å²) >= 11 is 6.19. The maximum atomic E-state index is 11.9. The smallest absolute Gasteiger partial charge is 0.349 e. The van der Waals surface area contributed by atoms with Crippen molar-refractivity contribution in [1.82, 2.24) is 0 Å². The lowest BCUT2D eigenvalue weighted by Gasteiger charge is -2.26. The molecule has 0 unspecified atom stereocenters. The van der Waals surface area contributed by atoms with Gasteiger partial charge in [-0.3, -0.25) is 0 Å². The Morgan fingerprint density at radius 2 is 1.88 bits per heavy atom. The number of halogens is 1. The summed E-state index contributed by atoms with van der Waals surface area (Å²) in [6.45, 7) is 3.95. The average molecular weight is 349 g/mol. The van der Waals surface area contributed by atoms with Crippen molar-refractivity contribution in [2.75, 3.05) is 7.11 Å². The molecule has 0 aliphatic heterocycles. The van der Waals surface area contributed by atoms with E-state index >= 15 is 0 Å². The summed E-state index contributed by atoms with van der Waals surface area (Å²) < 4.78 is 16.4. The zero-order valence-electron chi connectivity index (χ0n) is 14.0. The van der Waals surface area contributed by atoms with Gasteiger partial charge in [0, 0.05) is 6.07 Å². The average Bonchev–Trinajstić information content (AvgIpc) is 2.62. The molecule has 0 spiro atoms. The standard InChI is InChI=1S/C19H21ClO4/c1-4-19(2,18(21)22-3)24-15-10-11-16(20)17(12-15)23-13-14-8-6-5-7-9-14/h5-12H,4,13H2,1-3H3/t19-/m1/s1. The molecule has 0 saturated heterocycles. The monoisotopic (exact) mass is 348 g/mol. The van der Waals surface area contributed by atoms with Crippen LogP contribution >= 0.6 is 11.6 Å². The maximum Gasteiger partial charge on any atom is 0.349 e. The SMILES string of the molecule is CC[C@@](C)(Oc1ccc(Cl)c(OCc2ccccc2)c1)C(=O)OC. The van der Waals surface area contributed by atoms with Crippen LogP contribution in [0, 0.1) is 0 Å². The highest BCUT2D eigenvalue weighted by molar-refractivity contribution is 6.32. The van der Waals surface area contributed by atoms with Crippen LogP contribution in [0.1, 0.15) is 25.8 Å². The van der Waals surface area contributed by atoms with Gasteiger partial charge >= 0.3 is 5.97 Å². The van der Waals surface area contributed by atoms with Crippen LogP contribution in [-0.2, 0) is 16.1 Å². The lowest BCUT2D eigenvalue weighted by atomic mass is 10.0. The zero-order valence-corrected chi connectivity index (χ0v) is 14.8. The Morgan fingerprint density at radius 1 is 1.17 bits per heavy atom. The summed E-state index contributed by atoms with van der Waals surface area (Å²) in [5.74, 6) is 0.574. The number of hydrogen-bond donors (Lipinski definition) is 0. The predicted octanol–water partition coefficient (Wildman–Crippen LogP) is 4.64. The molecule has 0 aliphatic rings. The minimum absolute atomic E-state index is 0.395. The van der Waals surface area contributed by atoms with Gasteiger partial charge < -0.3 is 14.2 Å². The lowest BCUT2D eigenvalue weighted by molar-refractivity contribution is -0.157. The van der Waals surface area contributed by atoms with Crippen molar-refractivity contribution in [2.24, 2.45) is 0 Å². The van der Waals surface area contributed by atoms with Gasteiger partial charge in [-0.1, -0.05) is 48.9 Å². The van der Waals surface area contributed by atoms with Crippen molar-refractivity contribution in [1.29, 1.82) is 0 Å². The molecule has 0 aromatic heterocycles. The molecule has 0 N–H and O–H groups in total. The van der Waals surface area contributed by atoms with E-state index in [1.807, 2.05) is 37.3 Å². The summed E-state index contributed by atoms with van der Waals surface area (Å²) in [5, 5.41) is 0.481. The summed E-state index contributed by atoms with van der Waals surface area (Å²) in [7, 11) is 1.34. The van der Waals surface area contributed by atoms with Crippen LogP contribution in [0.4, 0.5) is 0 Å². The quantitative estimate of drug-likeness (QED) is 0.684. The molecule has 1 atom stereocenters. The Kier molecular flexibility index (Phi) is 6.10. The largest absolute Gasteiger partial charge is 0.487 e. The first-order chi connectivity index (χ1) is 11.5. The van der Waals surface area contributed by atoms with E-state index in [1.54, 1.807) is 25.1 Å². The van der Waals surface area contributed by atoms with Gasteiger partial charge in [0.15, 0.2) is 0 Å². The fourth-order valence-electron chi connectivity index (χ4n) is 2.13. The Bertz CT molecular complexity index is 687. The van der Waals surface area contributed by atoms with E-state index in [4.69, 9.17) is 25.8 Å². The van der Waals surface area contributed by atoms with Crippen molar-refractivity contribution < 1.29 is 19.0 Å². The predicted molar refractivity (Wildman–Crippen MR) is 93.6 cm³/mol. The van der Waals surface area contributed by atoms with Crippen LogP contribution in [0.25, 0.3) is 0 Å². The van der Waals surface area contributed by atoms with Gasteiger partial charge in [-0.15, -0.1) is 0 Å². The van der Waals surface area contributed by atoms with Gasteiger partial charge in [-0.05, 0) is 31.0 Å². The van der Waals surface area contributed by atoms with Crippen LogP contribution < -0.4 is 9.47 Å². The molecule has 5 heteroatoms. The van der Waals surface area contributed by atoms with E-state index < -0.39 is 11.6 Å². The third kappa shape index (κ3) is 4.42. The Morgan fingerprint density at radius 3 is 2.50 bits per heavy atom. The van der Waals surface area contributed by atoms with Gasteiger partial charge in [0.1, 0.15) is 18.1 Å². The highest BCUT2D eigenvalue weighted by Gasteiger charge is 2.35. The van der Waals surface area contributed by atoms with E-state index in [-0.39, 0.29) is 0 Å². The van der Waals surface area contributed by atoms with E-state index in [9.17, 15) is 4.79 Å². The summed E-state index contributed by atoms with van der Waals surface area (Å²) in [6.07, 6.45) is 0.475. The normalized spacial score (nSPS) is 13.0. The van der Waals surface area contributed by atoms with Gasteiger partial charge in [0.2, 0.25) is 5.60 Å². The Balaban J connectivity index is 2.14. The third-order valence-electron chi connectivity index (χ3n) is 3.77. The second-order valence-electron chi connectivity index (χ2n) is 5.54. The molecule has 4 nitrogen and oxygen atoms in total. The lowest BCUT2D eigenvalue weighted by Crippen LogP contribution is -2.41. The molecule has 0 radical (unpaired) electrons. The van der Waals surface area contributed by atoms with E-state index in [2.05, 4.69) is 0 Å². The van der Waals surface area contributed by atoms with Crippen LogP contribution in [0.3, 0.4) is 0 Å². The molecule has 0 bridgehead atoms. The van der Waals surface area contributed by atoms with E-state index in [0.717, 1.165) is 5.56 Å². The van der Waals surface area contributed by atoms with Crippen molar-refractivity contribution in [2.45, 2.75) is 32.5 Å². The van der Waals surface area contributed by atoms with Gasteiger partial charge in [-0.2, -0.15) is 0 Å². The summed E-state index contributed by atoms with van der Waals surface area (Å²) in [5.41, 5.74) is -0.0212. The van der Waals surface area contributed by atoms with Crippen LogP contribution in [-0.4, -0.2) is 18.7 Å². The molecule has 0 saturated carbocycles. The highest BCUT2D eigenvalue weighted by Crippen LogP contribution is 2.32. The Labute approximate surface area is 147 Å². The van der Waals surface area contributed by atoms with Gasteiger partial charge in [0.25, 0.3) is 0 Å². The molecule has 0 amide bonds. The third-order valence-corrected chi connectivity index (χ3v) is 4.09. The fraction of sp³-hybridized carbons (Fsp3) is 0.316. The van der Waals surface area contributed by atoms with Gasteiger partial charge in [0.05, 0.1) is 12.1 Å². The van der Waals surface area contributed by atoms with Gasteiger partial charge in [-0.25, -0.2) is 4.79 Å². The van der Waals surface area contributed by atoms with E-state index in [0.29, 0.717) is 29.5 Å². The summed E-state index contributed by atoms with van der Waals surface area (Å²) in [6, 6.07) is 14.9. The molecule has 0 heterocycles. The molecule has 0 fully saturated rings.